The molecule has 1 amide bonds. The minimum absolute atomic E-state index is 0.274. The van der Waals surface area contributed by atoms with Crippen molar-refractivity contribution in [2.45, 2.75) is 32.4 Å². The SMILES string of the molecule is CC1CCN(Cc2cc(C(N)=O)ccc2F)C(CN)C1. The molecule has 0 radical (unpaired) electrons. The number of piperidine rings is 1. The lowest BCUT2D eigenvalue weighted by Crippen LogP contribution is -2.45. The molecule has 1 aliphatic heterocycles. The van der Waals surface area contributed by atoms with Crippen molar-refractivity contribution in [3.63, 3.8) is 0 Å². The Labute approximate surface area is 118 Å². The number of hydrogen-bond donors (Lipinski definition) is 2. The zero-order valence-corrected chi connectivity index (χ0v) is 11.8. The van der Waals surface area contributed by atoms with Gasteiger partial charge in [-0.2, -0.15) is 0 Å². The van der Waals surface area contributed by atoms with E-state index in [0.29, 0.717) is 30.1 Å². The minimum atomic E-state index is -0.533. The molecule has 1 aliphatic rings. The van der Waals surface area contributed by atoms with E-state index in [1.807, 2.05) is 0 Å². The number of primary amides is 1. The van der Waals surface area contributed by atoms with Crippen molar-refractivity contribution in [2.75, 3.05) is 13.1 Å². The van der Waals surface area contributed by atoms with Gasteiger partial charge >= 0.3 is 0 Å². The maximum atomic E-state index is 13.9. The van der Waals surface area contributed by atoms with Crippen molar-refractivity contribution < 1.29 is 9.18 Å². The van der Waals surface area contributed by atoms with E-state index in [4.69, 9.17) is 11.5 Å². The summed E-state index contributed by atoms with van der Waals surface area (Å²) in [7, 11) is 0. The lowest BCUT2D eigenvalue weighted by molar-refractivity contribution is 0.0999. The lowest BCUT2D eigenvalue weighted by Gasteiger charge is -2.38. The van der Waals surface area contributed by atoms with Crippen molar-refractivity contribution in [1.82, 2.24) is 4.90 Å². The molecular formula is C15H22FN3O. The summed E-state index contributed by atoms with van der Waals surface area (Å²) in [5.41, 5.74) is 11.9. The molecule has 1 heterocycles. The highest BCUT2D eigenvalue weighted by molar-refractivity contribution is 5.92. The number of halogens is 1. The summed E-state index contributed by atoms with van der Waals surface area (Å²) in [5.74, 6) is -0.181. The molecule has 0 saturated carbocycles. The van der Waals surface area contributed by atoms with Crippen LogP contribution in [-0.2, 0) is 6.54 Å². The largest absolute Gasteiger partial charge is 0.366 e. The first-order valence-corrected chi connectivity index (χ1v) is 7.03. The van der Waals surface area contributed by atoms with Crippen LogP contribution in [-0.4, -0.2) is 29.9 Å². The van der Waals surface area contributed by atoms with Gasteiger partial charge in [-0.05, 0) is 43.5 Å². The molecule has 1 saturated heterocycles. The monoisotopic (exact) mass is 279 g/mol. The number of rotatable bonds is 4. The molecule has 2 rings (SSSR count). The zero-order valence-electron chi connectivity index (χ0n) is 11.8. The number of hydrogen-bond acceptors (Lipinski definition) is 3. The van der Waals surface area contributed by atoms with Crippen LogP contribution in [0.1, 0.15) is 35.7 Å². The second-order valence-electron chi connectivity index (χ2n) is 5.66. The number of nitrogens with zero attached hydrogens (tertiary/aromatic N) is 1. The Morgan fingerprint density at radius 3 is 2.90 bits per heavy atom. The molecule has 0 aliphatic carbocycles. The second-order valence-corrected chi connectivity index (χ2v) is 5.66. The summed E-state index contributed by atoms with van der Waals surface area (Å²) in [4.78, 5) is 13.4. The van der Waals surface area contributed by atoms with Gasteiger partial charge in [-0.15, -0.1) is 0 Å². The highest BCUT2D eigenvalue weighted by Crippen LogP contribution is 2.24. The van der Waals surface area contributed by atoms with Crippen molar-refractivity contribution in [1.29, 1.82) is 0 Å². The summed E-state index contributed by atoms with van der Waals surface area (Å²) in [6.45, 7) is 4.17. The van der Waals surface area contributed by atoms with Gasteiger partial charge in [0.25, 0.3) is 0 Å². The Bertz CT molecular complexity index is 492. The molecule has 20 heavy (non-hydrogen) atoms. The maximum Gasteiger partial charge on any atom is 0.248 e. The van der Waals surface area contributed by atoms with Crippen LogP contribution in [0.4, 0.5) is 4.39 Å². The van der Waals surface area contributed by atoms with E-state index in [-0.39, 0.29) is 11.9 Å². The number of nitrogens with two attached hydrogens (primary N) is 2. The van der Waals surface area contributed by atoms with Gasteiger partial charge in [0.1, 0.15) is 5.82 Å². The van der Waals surface area contributed by atoms with Crippen LogP contribution >= 0.6 is 0 Å². The van der Waals surface area contributed by atoms with Gasteiger partial charge in [0.15, 0.2) is 0 Å². The van der Waals surface area contributed by atoms with Gasteiger partial charge in [0.2, 0.25) is 5.91 Å². The molecule has 2 atom stereocenters. The van der Waals surface area contributed by atoms with Crippen molar-refractivity contribution in [2.24, 2.45) is 17.4 Å². The minimum Gasteiger partial charge on any atom is -0.366 e. The molecule has 1 aromatic carbocycles. The van der Waals surface area contributed by atoms with E-state index < -0.39 is 5.91 Å². The average Bonchev–Trinajstić information content (AvgIpc) is 2.42. The molecule has 0 aromatic heterocycles. The fourth-order valence-corrected chi connectivity index (χ4v) is 2.82. The zero-order chi connectivity index (χ0) is 14.7. The van der Waals surface area contributed by atoms with Gasteiger partial charge in [0, 0.05) is 30.3 Å². The fourth-order valence-electron chi connectivity index (χ4n) is 2.82. The Morgan fingerprint density at radius 1 is 1.50 bits per heavy atom. The third-order valence-corrected chi connectivity index (χ3v) is 4.08. The molecule has 4 nitrogen and oxygen atoms in total. The highest BCUT2D eigenvalue weighted by Gasteiger charge is 2.26. The van der Waals surface area contributed by atoms with Crippen LogP contribution in [0.2, 0.25) is 0 Å². The summed E-state index contributed by atoms with van der Waals surface area (Å²) in [5, 5.41) is 0. The molecule has 1 aromatic rings. The van der Waals surface area contributed by atoms with Crippen LogP contribution in [0.5, 0.6) is 0 Å². The van der Waals surface area contributed by atoms with Crippen LogP contribution in [0.15, 0.2) is 18.2 Å². The predicted molar refractivity (Wildman–Crippen MR) is 76.6 cm³/mol. The van der Waals surface area contributed by atoms with Crippen molar-refractivity contribution in [3.05, 3.63) is 35.1 Å². The molecule has 110 valence electrons. The first-order valence-electron chi connectivity index (χ1n) is 7.03. The Morgan fingerprint density at radius 2 is 2.25 bits per heavy atom. The van der Waals surface area contributed by atoms with Crippen molar-refractivity contribution >= 4 is 5.91 Å². The van der Waals surface area contributed by atoms with E-state index in [9.17, 15) is 9.18 Å². The summed E-state index contributed by atoms with van der Waals surface area (Å²) < 4.78 is 13.9. The third kappa shape index (κ3) is 3.35. The maximum absolute atomic E-state index is 13.9. The van der Waals surface area contributed by atoms with Gasteiger partial charge < -0.3 is 11.5 Å². The number of carbonyl (C=O) groups excluding carboxylic acids is 1. The van der Waals surface area contributed by atoms with Gasteiger partial charge in [-0.3, -0.25) is 9.69 Å². The fraction of sp³-hybridized carbons (Fsp3) is 0.533. The number of benzene rings is 1. The van der Waals surface area contributed by atoms with E-state index in [2.05, 4.69) is 11.8 Å². The normalized spacial score (nSPS) is 23.8. The van der Waals surface area contributed by atoms with Crippen LogP contribution < -0.4 is 11.5 Å². The Kier molecular flexibility index (Phi) is 4.73. The van der Waals surface area contributed by atoms with Gasteiger partial charge in [-0.25, -0.2) is 4.39 Å². The van der Waals surface area contributed by atoms with Gasteiger partial charge in [0.05, 0.1) is 0 Å². The smallest absolute Gasteiger partial charge is 0.248 e. The van der Waals surface area contributed by atoms with Crippen LogP contribution in [0.25, 0.3) is 0 Å². The first kappa shape index (κ1) is 14.9. The Balaban J connectivity index is 2.16. The lowest BCUT2D eigenvalue weighted by atomic mass is 9.92. The summed E-state index contributed by atoms with van der Waals surface area (Å²) in [6, 6.07) is 4.54. The van der Waals surface area contributed by atoms with Gasteiger partial charge in [-0.1, -0.05) is 6.92 Å². The number of amides is 1. The Hall–Kier alpha value is -1.46. The van der Waals surface area contributed by atoms with E-state index in [1.165, 1.54) is 12.1 Å². The summed E-state index contributed by atoms with van der Waals surface area (Å²) >= 11 is 0. The number of likely N-dealkylation sites (tertiary alicyclic amines) is 1. The van der Waals surface area contributed by atoms with E-state index in [1.54, 1.807) is 6.07 Å². The van der Waals surface area contributed by atoms with Crippen LogP contribution in [0.3, 0.4) is 0 Å². The molecule has 5 heteroatoms. The first-order chi connectivity index (χ1) is 9.51. The summed E-state index contributed by atoms with van der Waals surface area (Å²) in [6.07, 6.45) is 2.13. The third-order valence-electron chi connectivity index (χ3n) is 4.08. The average molecular weight is 279 g/mol. The molecule has 4 N–H and O–H groups in total. The standard InChI is InChI=1S/C15H22FN3O/c1-10-4-5-19(13(6-10)8-17)9-12-7-11(15(18)20)2-3-14(12)16/h2-3,7,10,13H,4-6,8-9,17H2,1H3,(H2,18,20). The molecule has 2 unspecified atom stereocenters. The quantitative estimate of drug-likeness (QED) is 0.877. The van der Waals surface area contributed by atoms with Crippen LogP contribution in [0, 0.1) is 11.7 Å². The molecule has 0 spiro atoms. The van der Waals surface area contributed by atoms with Crippen molar-refractivity contribution in [3.8, 4) is 0 Å². The topological polar surface area (TPSA) is 72.3 Å². The number of carbonyl (C=O) groups is 1. The molecule has 0 bridgehead atoms. The molecule has 1 fully saturated rings. The predicted octanol–water partition coefficient (Wildman–Crippen LogP) is 1.48. The highest BCUT2D eigenvalue weighted by atomic mass is 19.1. The second kappa shape index (κ2) is 6.33. The van der Waals surface area contributed by atoms with E-state index in [0.717, 1.165) is 19.4 Å². The molecular weight excluding hydrogens is 257 g/mol. The van der Waals surface area contributed by atoms with E-state index >= 15 is 0 Å².